The molecule has 1 nitrogen and oxygen atoms in total. The Balaban J connectivity index is 2.58. The molecule has 0 atom stereocenters. The SMILES string of the molecule is CCCn1c(C)cc2cc(C(C)(C)C)ccc21. The number of hydrogen-bond acceptors (Lipinski definition) is 0. The molecule has 1 aromatic heterocycles. The fraction of sp³-hybridized carbons (Fsp3) is 0.500. The molecule has 0 radical (unpaired) electrons. The predicted octanol–water partition coefficient (Wildman–Crippen LogP) is 4.66. The van der Waals surface area contributed by atoms with Crippen molar-refractivity contribution in [1.82, 2.24) is 4.57 Å². The van der Waals surface area contributed by atoms with Crippen LogP contribution in [0.3, 0.4) is 0 Å². The number of hydrogen-bond donors (Lipinski definition) is 0. The average Bonchev–Trinajstić information content (AvgIpc) is 2.54. The first-order valence-electron chi connectivity index (χ1n) is 6.54. The fourth-order valence-corrected chi connectivity index (χ4v) is 2.40. The summed E-state index contributed by atoms with van der Waals surface area (Å²) in [5.41, 5.74) is 4.39. The van der Waals surface area contributed by atoms with Gasteiger partial charge in [-0.1, -0.05) is 33.8 Å². The summed E-state index contributed by atoms with van der Waals surface area (Å²) < 4.78 is 2.42. The van der Waals surface area contributed by atoms with Gasteiger partial charge in [0.05, 0.1) is 0 Å². The van der Waals surface area contributed by atoms with E-state index in [0.29, 0.717) is 0 Å². The van der Waals surface area contributed by atoms with E-state index in [2.05, 4.69) is 63.5 Å². The Morgan fingerprint density at radius 3 is 2.41 bits per heavy atom. The molecule has 0 aliphatic rings. The lowest BCUT2D eigenvalue weighted by Crippen LogP contribution is -2.10. The van der Waals surface area contributed by atoms with Gasteiger partial charge in [0.1, 0.15) is 0 Å². The second-order valence-electron chi connectivity index (χ2n) is 5.96. The van der Waals surface area contributed by atoms with Crippen LogP contribution in [0, 0.1) is 6.92 Å². The van der Waals surface area contributed by atoms with Crippen LogP contribution >= 0.6 is 0 Å². The first kappa shape index (κ1) is 12.2. The molecule has 92 valence electrons. The Kier molecular flexibility index (Phi) is 3.03. The van der Waals surface area contributed by atoms with Crippen LogP contribution in [-0.2, 0) is 12.0 Å². The zero-order valence-electron chi connectivity index (χ0n) is 11.7. The topological polar surface area (TPSA) is 4.93 Å². The van der Waals surface area contributed by atoms with Gasteiger partial charge in [0.2, 0.25) is 0 Å². The lowest BCUT2D eigenvalue weighted by atomic mass is 9.86. The third-order valence-corrected chi connectivity index (χ3v) is 3.42. The van der Waals surface area contributed by atoms with Crippen molar-refractivity contribution in [2.24, 2.45) is 0 Å². The molecule has 1 heteroatoms. The molecule has 2 rings (SSSR count). The normalized spacial score (nSPS) is 12.3. The molecule has 0 saturated carbocycles. The van der Waals surface area contributed by atoms with Gasteiger partial charge >= 0.3 is 0 Å². The van der Waals surface area contributed by atoms with Gasteiger partial charge < -0.3 is 4.57 Å². The van der Waals surface area contributed by atoms with Crippen molar-refractivity contribution >= 4 is 10.9 Å². The van der Waals surface area contributed by atoms with Crippen LogP contribution in [0.25, 0.3) is 10.9 Å². The highest BCUT2D eigenvalue weighted by Crippen LogP contribution is 2.28. The molecule has 0 bridgehead atoms. The molecule has 0 amide bonds. The Morgan fingerprint density at radius 2 is 1.82 bits per heavy atom. The number of aromatic nitrogens is 1. The minimum absolute atomic E-state index is 0.231. The van der Waals surface area contributed by atoms with Gasteiger partial charge in [-0.2, -0.15) is 0 Å². The van der Waals surface area contributed by atoms with Gasteiger partial charge in [-0.25, -0.2) is 0 Å². The van der Waals surface area contributed by atoms with Gasteiger partial charge in [0, 0.05) is 23.1 Å². The van der Waals surface area contributed by atoms with E-state index in [1.165, 1.54) is 28.6 Å². The lowest BCUT2D eigenvalue weighted by molar-refractivity contribution is 0.591. The summed E-state index contributed by atoms with van der Waals surface area (Å²) in [7, 11) is 0. The largest absolute Gasteiger partial charge is 0.345 e. The van der Waals surface area contributed by atoms with E-state index in [9.17, 15) is 0 Å². The van der Waals surface area contributed by atoms with Crippen LogP contribution in [0.2, 0.25) is 0 Å². The highest BCUT2D eigenvalue weighted by molar-refractivity contribution is 5.82. The summed E-state index contributed by atoms with van der Waals surface area (Å²) in [6.45, 7) is 12.4. The third-order valence-electron chi connectivity index (χ3n) is 3.42. The fourth-order valence-electron chi connectivity index (χ4n) is 2.40. The van der Waals surface area contributed by atoms with Crippen LogP contribution in [0.5, 0.6) is 0 Å². The highest BCUT2D eigenvalue weighted by atomic mass is 15.0. The molecule has 2 aromatic rings. The van der Waals surface area contributed by atoms with Gasteiger partial charge in [0.25, 0.3) is 0 Å². The van der Waals surface area contributed by atoms with E-state index in [4.69, 9.17) is 0 Å². The standard InChI is InChI=1S/C16H23N/c1-6-9-17-12(2)10-13-11-14(16(3,4)5)7-8-15(13)17/h7-8,10-11H,6,9H2,1-5H3. The summed E-state index contributed by atoms with van der Waals surface area (Å²) in [5, 5.41) is 1.38. The van der Waals surface area contributed by atoms with Crippen molar-refractivity contribution in [3.05, 3.63) is 35.5 Å². The highest BCUT2D eigenvalue weighted by Gasteiger charge is 2.15. The smallest absolute Gasteiger partial charge is 0.0482 e. The number of nitrogens with zero attached hydrogens (tertiary/aromatic N) is 1. The summed E-state index contributed by atoms with van der Waals surface area (Å²) in [5.74, 6) is 0. The predicted molar refractivity (Wildman–Crippen MR) is 75.7 cm³/mol. The molecular formula is C16H23N. The minimum Gasteiger partial charge on any atom is -0.345 e. The summed E-state index contributed by atoms with van der Waals surface area (Å²) in [4.78, 5) is 0. The zero-order valence-corrected chi connectivity index (χ0v) is 11.7. The van der Waals surface area contributed by atoms with E-state index in [0.717, 1.165) is 6.54 Å². The van der Waals surface area contributed by atoms with E-state index in [-0.39, 0.29) is 5.41 Å². The molecule has 1 aromatic carbocycles. The van der Waals surface area contributed by atoms with Crippen molar-refractivity contribution in [3.63, 3.8) is 0 Å². The van der Waals surface area contributed by atoms with Crippen LogP contribution in [0.1, 0.15) is 45.4 Å². The zero-order chi connectivity index (χ0) is 12.6. The van der Waals surface area contributed by atoms with Gasteiger partial charge in [-0.05, 0) is 42.5 Å². The Hall–Kier alpha value is -1.24. The van der Waals surface area contributed by atoms with Crippen LogP contribution in [0.15, 0.2) is 24.3 Å². The first-order valence-corrected chi connectivity index (χ1v) is 6.54. The second kappa shape index (κ2) is 4.21. The van der Waals surface area contributed by atoms with E-state index in [1.54, 1.807) is 0 Å². The van der Waals surface area contributed by atoms with E-state index in [1.807, 2.05) is 0 Å². The quantitative estimate of drug-likeness (QED) is 0.706. The number of fused-ring (bicyclic) bond motifs is 1. The molecule has 0 saturated heterocycles. The lowest BCUT2D eigenvalue weighted by Gasteiger charge is -2.19. The number of benzene rings is 1. The van der Waals surface area contributed by atoms with Crippen molar-refractivity contribution in [2.45, 2.75) is 53.0 Å². The first-order chi connectivity index (χ1) is 7.93. The van der Waals surface area contributed by atoms with Gasteiger partial charge in [-0.15, -0.1) is 0 Å². The van der Waals surface area contributed by atoms with Crippen molar-refractivity contribution in [3.8, 4) is 0 Å². The van der Waals surface area contributed by atoms with E-state index >= 15 is 0 Å². The Bertz CT molecular complexity index is 526. The molecule has 0 fully saturated rings. The molecule has 0 aliphatic heterocycles. The van der Waals surface area contributed by atoms with Crippen LogP contribution in [0.4, 0.5) is 0 Å². The molecule has 0 N–H and O–H groups in total. The van der Waals surface area contributed by atoms with Gasteiger partial charge in [0.15, 0.2) is 0 Å². The van der Waals surface area contributed by atoms with Crippen LogP contribution in [-0.4, -0.2) is 4.57 Å². The molecular weight excluding hydrogens is 206 g/mol. The molecule has 17 heavy (non-hydrogen) atoms. The summed E-state index contributed by atoms with van der Waals surface area (Å²) in [6, 6.07) is 9.20. The Labute approximate surface area is 104 Å². The molecule has 0 unspecified atom stereocenters. The average molecular weight is 229 g/mol. The molecule has 0 spiro atoms. The minimum atomic E-state index is 0.231. The van der Waals surface area contributed by atoms with E-state index < -0.39 is 0 Å². The second-order valence-corrected chi connectivity index (χ2v) is 5.96. The molecule has 1 heterocycles. The monoisotopic (exact) mass is 229 g/mol. The maximum Gasteiger partial charge on any atom is 0.0482 e. The molecule has 0 aliphatic carbocycles. The van der Waals surface area contributed by atoms with Crippen molar-refractivity contribution < 1.29 is 0 Å². The van der Waals surface area contributed by atoms with Crippen LogP contribution < -0.4 is 0 Å². The maximum absolute atomic E-state index is 2.42. The van der Waals surface area contributed by atoms with Crippen molar-refractivity contribution in [2.75, 3.05) is 0 Å². The van der Waals surface area contributed by atoms with Crippen molar-refractivity contribution in [1.29, 1.82) is 0 Å². The summed E-state index contributed by atoms with van der Waals surface area (Å²) in [6.07, 6.45) is 1.19. The van der Waals surface area contributed by atoms with Gasteiger partial charge in [-0.3, -0.25) is 0 Å². The summed E-state index contributed by atoms with van der Waals surface area (Å²) >= 11 is 0. The Morgan fingerprint density at radius 1 is 1.12 bits per heavy atom. The maximum atomic E-state index is 2.42. The third kappa shape index (κ3) is 2.24. The number of aryl methyl sites for hydroxylation is 2. The number of rotatable bonds is 2.